The largest absolute Gasteiger partial charge is 0.385 e. The molecule has 0 aromatic carbocycles. The second kappa shape index (κ2) is 6.96. The molecule has 0 aromatic heterocycles. The van der Waals surface area contributed by atoms with Crippen molar-refractivity contribution in [3.63, 3.8) is 0 Å². The Morgan fingerprint density at radius 2 is 2.25 bits per heavy atom. The Labute approximate surface area is 53.4 Å². The maximum absolute atomic E-state index is 6.66. The van der Waals surface area contributed by atoms with Crippen LogP contribution in [0.3, 0.4) is 0 Å². The molecule has 0 fully saturated rings. The van der Waals surface area contributed by atoms with E-state index >= 15 is 0 Å². The number of hydrogen-bond acceptors (Lipinski definition) is 1. The molecular weight excluding hydrogens is 100 g/mol. The van der Waals surface area contributed by atoms with E-state index in [9.17, 15) is 0 Å². The van der Waals surface area contributed by atoms with Gasteiger partial charge in [-0.1, -0.05) is 26.2 Å². The van der Waals surface area contributed by atoms with Crippen LogP contribution in [0.2, 0.25) is 0 Å². The first kappa shape index (κ1) is 6.09. The van der Waals surface area contributed by atoms with Gasteiger partial charge in [-0.3, -0.25) is 0 Å². The zero-order chi connectivity index (χ0) is 6.95. The van der Waals surface area contributed by atoms with Crippen molar-refractivity contribution in [3.05, 3.63) is 0 Å². The third kappa shape index (κ3) is 5.96. The summed E-state index contributed by atoms with van der Waals surface area (Å²) >= 11 is 0. The van der Waals surface area contributed by atoms with Gasteiger partial charge in [0.25, 0.3) is 0 Å². The molecule has 0 rings (SSSR count). The lowest BCUT2D eigenvalue weighted by molar-refractivity contribution is 0.192. The molecule has 0 saturated carbocycles. The van der Waals surface area contributed by atoms with E-state index in [-0.39, 0.29) is 7.09 Å². The Bertz CT molecular complexity index is 42.2. The predicted octanol–water partition coefficient (Wildman–Crippen LogP) is 2.21. The van der Waals surface area contributed by atoms with Gasteiger partial charge >= 0.3 is 0 Å². The van der Waals surface area contributed by atoms with Gasteiger partial charge < -0.3 is 4.74 Å². The smallest absolute Gasteiger partial charge is 0.0530 e. The quantitative estimate of drug-likeness (QED) is 0.503. The molecule has 0 radical (unpaired) electrons. The van der Waals surface area contributed by atoms with Crippen molar-refractivity contribution in [2.45, 2.75) is 32.6 Å². The van der Waals surface area contributed by atoms with Crippen LogP contribution in [-0.2, 0) is 4.74 Å². The van der Waals surface area contributed by atoms with Gasteiger partial charge in [-0.2, -0.15) is 0 Å². The average Bonchev–Trinajstić information content (AvgIpc) is 1.89. The molecule has 1 nitrogen and oxygen atoms in total. The second-order valence-corrected chi connectivity index (χ2v) is 1.97. The number of ether oxygens (including phenoxy) is 1. The third-order valence-electron chi connectivity index (χ3n) is 1.14. The number of methoxy groups -OCH3 is 1. The van der Waals surface area contributed by atoms with Crippen LogP contribution < -0.4 is 0 Å². The summed E-state index contributed by atoms with van der Waals surface area (Å²) in [5, 5.41) is 0. The predicted molar refractivity (Wildman–Crippen MR) is 36.0 cm³/mol. The van der Waals surface area contributed by atoms with Gasteiger partial charge in [-0.25, -0.2) is 0 Å². The molecule has 0 spiro atoms. The summed E-state index contributed by atoms with van der Waals surface area (Å²) in [6, 6.07) is 0. The molecule has 0 aliphatic carbocycles. The van der Waals surface area contributed by atoms with Crippen molar-refractivity contribution in [1.82, 2.24) is 0 Å². The Morgan fingerprint density at radius 1 is 1.38 bits per heavy atom. The maximum atomic E-state index is 6.66. The minimum absolute atomic E-state index is 0.117. The van der Waals surface area contributed by atoms with E-state index in [2.05, 4.69) is 6.92 Å². The van der Waals surface area contributed by atoms with Crippen molar-refractivity contribution < 1.29 is 6.11 Å². The molecular formula is C7H16O. The fourth-order valence-electron chi connectivity index (χ4n) is 0.631. The van der Waals surface area contributed by atoms with Crippen molar-refractivity contribution >= 4 is 0 Å². The summed E-state index contributed by atoms with van der Waals surface area (Å²) in [5.74, 6) is 0. The Morgan fingerprint density at radius 3 is 2.88 bits per heavy atom. The van der Waals surface area contributed by atoms with Crippen LogP contribution in [-0.4, -0.2) is 13.7 Å². The van der Waals surface area contributed by atoms with Gasteiger partial charge in [-0.15, -0.1) is 0 Å². The Hall–Kier alpha value is -0.0400. The minimum Gasteiger partial charge on any atom is -0.385 e. The summed E-state index contributed by atoms with van der Waals surface area (Å²) < 4.78 is 11.5. The molecule has 1 heteroatoms. The normalized spacial score (nSPS) is 11.4. The highest BCUT2D eigenvalue weighted by atomic mass is 16.5. The monoisotopic (exact) mass is 118 g/mol. The van der Waals surface area contributed by atoms with Gasteiger partial charge in [0, 0.05) is 13.7 Å². The Kier molecular flexibility index (Phi) is 5.29. The maximum Gasteiger partial charge on any atom is 0.0530 e. The van der Waals surface area contributed by atoms with Crippen molar-refractivity contribution in [3.8, 4) is 0 Å². The van der Waals surface area contributed by atoms with Crippen molar-refractivity contribution in [2.75, 3.05) is 13.7 Å². The topological polar surface area (TPSA) is 9.23 Å². The number of rotatable bonds is 5. The van der Waals surface area contributed by atoms with E-state index in [0.29, 0.717) is 0 Å². The van der Waals surface area contributed by atoms with Crippen LogP contribution in [0, 0.1) is 0 Å². The summed E-state index contributed by atoms with van der Waals surface area (Å²) in [6.07, 6.45) is 4.92. The molecule has 0 saturated heterocycles. The first-order valence-electron chi connectivity index (χ1n) is 3.99. The molecule has 0 amide bonds. The van der Waals surface area contributed by atoms with Gasteiger partial charge in [0.05, 0.1) is 1.37 Å². The van der Waals surface area contributed by atoms with E-state index in [1.807, 2.05) is 0 Å². The minimum atomic E-state index is 0.117. The van der Waals surface area contributed by atoms with Crippen LogP contribution in [0.1, 0.15) is 34.0 Å². The zero-order valence-corrected chi connectivity index (χ0v) is 5.65. The molecule has 50 valence electrons. The van der Waals surface area contributed by atoms with Crippen LogP contribution in [0.25, 0.3) is 0 Å². The third-order valence-corrected chi connectivity index (χ3v) is 1.14. The van der Waals surface area contributed by atoms with E-state index in [0.717, 1.165) is 13.0 Å². The summed E-state index contributed by atoms with van der Waals surface area (Å²) in [5.41, 5.74) is 0. The van der Waals surface area contributed by atoms with Crippen LogP contribution >= 0.6 is 0 Å². The Balaban J connectivity index is 2.60. The molecule has 0 N–H and O–H groups in total. The summed E-state index contributed by atoms with van der Waals surface area (Å²) in [6.45, 7) is 2.95. The van der Waals surface area contributed by atoms with E-state index in [4.69, 9.17) is 6.11 Å². The molecule has 0 aliphatic heterocycles. The van der Waals surface area contributed by atoms with Crippen molar-refractivity contribution in [1.29, 1.82) is 0 Å². The first-order valence-corrected chi connectivity index (χ1v) is 3.28. The van der Waals surface area contributed by atoms with E-state index in [1.165, 1.54) is 19.3 Å². The zero-order valence-electron chi connectivity index (χ0n) is 6.65. The van der Waals surface area contributed by atoms with Crippen LogP contribution in [0.4, 0.5) is 0 Å². The van der Waals surface area contributed by atoms with Crippen LogP contribution in [0.15, 0.2) is 0 Å². The molecule has 0 heterocycles. The molecule has 0 unspecified atom stereocenters. The average molecular weight is 118 g/mol. The van der Waals surface area contributed by atoms with E-state index < -0.39 is 0 Å². The molecule has 0 bridgehead atoms. The number of unbranched alkanes of at least 4 members (excludes halogenated alkanes) is 3. The fourth-order valence-corrected chi connectivity index (χ4v) is 0.631. The lowest BCUT2D eigenvalue weighted by Gasteiger charge is -1.95. The van der Waals surface area contributed by atoms with Gasteiger partial charge in [0.2, 0.25) is 0 Å². The van der Waals surface area contributed by atoms with Crippen molar-refractivity contribution in [2.24, 2.45) is 0 Å². The lowest BCUT2D eigenvalue weighted by Crippen LogP contribution is -1.86. The van der Waals surface area contributed by atoms with Gasteiger partial charge in [-0.05, 0) is 6.42 Å². The second-order valence-electron chi connectivity index (χ2n) is 1.97. The fraction of sp³-hybridized carbons (Fsp3) is 1.00. The molecule has 0 aliphatic rings. The SMILES string of the molecule is [3H]COCCCCCC. The van der Waals surface area contributed by atoms with Gasteiger partial charge in [0.1, 0.15) is 0 Å². The summed E-state index contributed by atoms with van der Waals surface area (Å²) in [4.78, 5) is 0. The molecule has 0 aromatic rings. The summed E-state index contributed by atoms with van der Waals surface area (Å²) in [7, 11) is 0.117. The van der Waals surface area contributed by atoms with E-state index in [1.54, 1.807) is 0 Å². The highest BCUT2D eigenvalue weighted by Gasteiger charge is 1.83. The lowest BCUT2D eigenvalue weighted by atomic mass is 10.2. The first-order chi connectivity index (χ1) is 4.41. The molecule has 8 heavy (non-hydrogen) atoms. The molecule has 0 atom stereocenters. The number of hydrogen-bond donors (Lipinski definition) is 0. The highest BCUT2D eigenvalue weighted by molar-refractivity contribution is 4.37. The highest BCUT2D eigenvalue weighted by Crippen LogP contribution is 1.97. The van der Waals surface area contributed by atoms with Crippen LogP contribution in [0.5, 0.6) is 0 Å². The van der Waals surface area contributed by atoms with Gasteiger partial charge in [0.15, 0.2) is 0 Å². The standard InChI is InChI=1S/C7H16O/c1-3-4-5-6-7-8-2/h3-7H2,1-2H3/i2T.